The van der Waals surface area contributed by atoms with Crippen molar-refractivity contribution < 1.29 is 9.49 Å². The van der Waals surface area contributed by atoms with Gasteiger partial charge in [0.05, 0.1) is 22.5 Å². The van der Waals surface area contributed by atoms with Gasteiger partial charge in [0.2, 0.25) is 0 Å². The lowest BCUT2D eigenvalue weighted by atomic mass is 10.1. The molecule has 0 amide bonds. The van der Waals surface area contributed by atoms with E-state index >= 15 is 0 Å². The zero-order chi connectivity index (χ0) is 43.4. The number of aryl methyl sites for hydroxylation is 1. The van der Waals surface area contributed by atoms with Gasteiger partial charge < -0.3 is 4.90 Å². The van der Waals surface area contributed by atoms with Crippen LogP contribution < -0.4 is 15.0 Å². The first-order valence-electron chi connectivity index (χ1n) is 20.8. The predicted octanol–water partition coefficient (Wildman–Crippen LogP) is 16.5. The maximum atomic E-state index is 10.8. The van der Waals surface area contributed by atoms with Crippen molar-refractivity contribution >= 4 is 61.8 Å². The number of rotatable bonds is 13. The molecule has 0 radical (unpaired) electrons. The molecule has 0 unspecified atom stereocenters. The summed E-state index contributed by atoms with van der Waals surface area (Å²) in [4.78, 5) is 3.58. The van der Waals surface area contributed by atoms with Crippen LogP contribution in [0, 0.1) is 0 Å². The SMILES string of the molecule is CC.CCCCCCc1csc(-c2ccc(N(c3ccc(N(O)C(C)(C)C)cc3)c3ccc(N(OS(C)(C)C(C)(C)C)C(C)(C)C)cc3)cc2)c1.CSC(C)(C)C. The van der Waals surface area contributed by atoms with Gasteiger partial charge in [-0.1, -0.05) is 93.7 Å². The minimum Gasteiger partial charge on any atom is -0.311 e. The molecule has 0 aliphatic heterocycles. The van der Waals surface area contributed by atoms with E-state index in [9.17, 15) is 5.21 Å². The van der Waals surface area contributed by atoms with E-state index in [1.165, 1.54) is 46.8 Å². The van der Waals surface area contributed by atoms with Crippen LogP contribution in [-0.2, 0) is 10.7 Å². The van der Waals surface area contributed by atoms with Gasteiger partial charge in [-0.15, -0.1) is 21.6 Å². The Hall–Kier alpha value is -2.62. The summed E-state index contributed by atoms with van der Waals surface area (Å²) in [6, 6.07) is 28.1. The van der Waals surface area contributed by atoms with Crippen molar-refractivity contribution in [3.8, 4) is 10.4 Å². The minimum atomic E-state index is -1.40. The standard InChI is InChI=1S/C42H61N3O2S2.C5H12S.C2H6/c1-13-14-15-16-17-32-30-39(48-31-32)33-18-20-34(21-19-33)43(35-22-26-37(27-23-35)44(46)40(2,3)4)36-24-28-38(29-25-36)45(41(5,6)7)47-49(11,12)42(8,9)10;1-5(2,3)6-4;1-2/h18-31,46H,13-17H2,1-12H3;1-4H3;1-2H3. The summed E-state index contributed by atoms with van der Waals surface area (Å²) in [7, 11) is -1.40. The van der Waals surface area contributed by atoms with Gasteiger partial charge in [-0.3, -0.25) is 10.3 Å². The van der Waals surface area contributed by atoms with Crippen LogP contribution in [0.3, 0.4) is 0 Å². The summed E-state index contributed by atoms with van der Waals surface area (Å²) in [6.45, 7) is 32.2. The Bertz CT molecular complexity index is 1720. The summed E-state index contributed by atoms with van der Waals surface area (Å²) in [5.41, 5.74) is 6.94. The van der Waals surface area contributed by atoms with Crippen LogP contribution in [0.5, 0.6) is 0 Å². The number of nitrogens with zero attached hydrogens (tertiary/aromatic N) is 3. The maximum Gasteiger partial charge on any atom is 0.0655 e. The molecule has 1 heterocycles. The normalized spacial score (nSPS) is 12.5. The number of unbranched alkanes of at least 4 members (excludes halogenated alkanes) is 3. The quantitative estimate of drug-likeness (QED) is 0.107. The summed E-state index contributed by atoms with van der Waals surface area (Å²) in [5, 5.41) is 16.6. The first kappa shape index (κ1) is 50.5. The molecule has 0 fully saturated rings. The monoisotopic (exact) mass is 838 g/mol. The third-order valence-corrected chi connectivity index (χ3v) is 15.4. The topological polar surface area (TPSA) is 39.2 Å². The summed E-state index contributed by atoms with van der Waals surface area (Å²) in [5.74, 6) is 0. The van der Waals surface area contributed by atoms with Gasteiger partial charge in [-0.25, -0.2) is 9.35 Å². The molecule has 57 heavy (non-hydrogen) atoms. The van der Waals surface area contributed by atoms with Crippen molar-refractivity contribution in [3.05, 3.63) is 89.8 Å². The fourth-order valence-corrected chi connectivity index (χ4v) is 7.21. The molecule has 5 nitrogen and oxygen atoms in total. The lowest BCUT2D eigenvalue weighted by Crippen LogP contribution is -2.44. The van der Waals surface area contributed by atoms with Gasteiger partial charge >= 0.3 is 0 Å². The average molecular weight is 838 g/mol. The third-order valence-electron chi connectivity index (χ3n) is 9.67. The Balaban J connectivity index is 0.00000128. The van der Waals surface area contributed by atoms with Crippen molar-refractivity contribution in [2.45, 2.75) is 157 Å². The van der Waals surface area contributed by atoms with Crippen LogP contribution >= 0.6 is 33.4 Å². The largest absolute Gasteiger partial charge is 0.311 e. The molecule has 4 rings (SSSR count). The molecular weight excluding hydrogens is 759 g/mol. The Kier molecular flexibility index (Phi) is 19.1. The summed E-state index contributed by atoms with van der Waals surface area (Å²) >= 11 is 3.72. The zero-order valence-corrected chi connectivity index (χ0v) is 41.5. The van der Waals surface area contributed by atoms with Gasteiger partial charge in [0.1, 0.15) is 0 Å². The molecule has 0 atom stereocenters. The molecule has 3 aromatic carbocycles. The molecule has 8 heteroatoms. The van der Waals surface area contributed by atoms with Crippen molar-refractivity contribution in [1.29, 1.82) is 0 Å². The van der Waals surface area contributed by atoms with Crippen molar-refractivity contribution in [3.63, 3.8) is 0 Å². The Morgan fingerprint density at radius 2 is 1.09 bits per heavy atom. The second kappa shape index (κ2) is 21.6. The van der Waals surface area contributed by atoms with E-state index in [0.717, 1.165) is 34.9 Å². The van der Waals surface area contributed by atoms with Gasteiger partial charge in [0, 0.05) is 31.4 Å². The van der Waals surface area contributed by atoms with Gasteiger partial charge in [-0.2, -0.15) is 11.8 Å². The fraction of sp³-hybridized carbons (Fsp3) is 0.551. The van der Waals surface area contributed by atoms with Crippen molar-refractivity contribution in [1.82, 2.24) is 0 Å². The van der Waals surface area contributed by atoms with Crippen LogP contribution in [-0.4, -0.2) is 44.5 Å². The Labute approximate surface area is 360 Å². The van der Waals surface area contributed by atoms with Crippen molar-refractivity contribution in [2.24, 2.45) is 0 Å². The predicted molar refractivity (Wildman–Crippen MR) is 263 cm³/mol. The number of anilines is 5. The lowest BCUT2D eigenvalue weighted by Gasteiger charge is -2.49. The van der Waals surface area contributed by atoms with E-state index in [2.05, 4.69) is 170 Å². The molecule has 0 spiro atoms. The highest BCUT2D eigenvalue weighted by molar-refractivity contribution is 8.29. The van der Waals surface area contributed by atoms with E-state index in [0.29, 0.717) is 4.75 Å². The zero-order valence-electron chi connectivity index (χ0n) is 39.0. The number of thiophene rings is 1. The van der Waals surface area contributed by atoms with Crippen molar-refractivity contribution in [2.75, 3.05) is 33.8 Å². The molecule has 4 aromatic rings. The molecule has 0 bridgehead atoms. The second-order valence-corrected chi connectivity index (χ2v) is 25.1. The highest BCUT2D eigenvalue weighted by Crippen LogP contribution is 2.55. The third kappa shape index (κ3) is 15.5. The van der Waals surface area contributed by atoms with Crippen LogP contribution in [0.1, 0.15) is 135 Å². The lowest BCUT2D eigenvalue weighted by molar-refractivity contribution is 0.181. The molecule has 320 valence electrons. The van der Waals surface area contributed by atoms with Crippen LogP contribution in [0.15, 0.2) is 84.2 Å². The van der Waals surface area contributed by atoms with E-state index in [1.54, 1.807) is 0 Å². The van der Waals surface area contributed by atoms with Gasteiger partial charge in [-0.05, 0) is 156 Å². The van der Waals surface area contributed by atoms with Crippen LogP contribution in [0.4, 0.5) is 28.4 Å². The Morgan fingerprint density at radius 1 is 0.649 bits per heavy atom. The van der Waals surface area contributed by atoms with E-state index in [-0.39, 0.29) is 10.3 Å². The highest BCUT2D eigenvalue weighted by Gasteiger charge is 2.35. The first-order chi connectivity index (χ1) is 26.4. The van der Waals surface area contributed by atoms with Gasteiger partial charge in [0.15, 0.2) is 0 Å². The van der Waals surface area contributed by atoms with Gasteiger partial charge in [0.25, 0.3) is 0 Å². The summed E-state index contributed by atoms with van der Waals surface area (Å²) < 4.78 is 7.34. The molecular formula is C49H79N3O2S3. The molecule has 0 saturated heterocycles. The smallest absolute Gasteiger partial charge is 0.0655 e. The number of hydroxylamine groups is 2. The first-order valence-corrected chi connectivity index (χ1v) is 25.3. The average Bonchev–Trinajstić information content (AvgIpc) is 3.62. The molecule has 0 saturated carbocycles. The highest BCUT2D eigenvalue weighted by atomic mass is 32.3. The number of hydrogen-bond acceptors (Lipinski definition) is 7. The molecule has 1 aromatic heterocycles. The Morgan fingerprint density at radius 3 is 1.49 bits per heavy atom. The molecule has 1 N–H and O–H groups in total. The number of benzene rings is 3. The van der Waals surface area contributed by atoms with E-state index < -0.39 is 15.8 Å². The molecule has 0 aliphatic carbocycles. The number of thioether (sulfide) groups is 1. The van der Waals surface area contributed by atoms with Crippen LogP contribution in [0.2, 0.25) is 0 Å². The number of hydrogen-bond donors (Lipinski definition) is 1. The fourth-order valence-electron chi connectivity index (χ4n) is 5.34. The second-order valence-electron chi connectivity index (χ2n) is 18.7. The maximum absolute atomic E-state index is 10.8. The van der Waals surface area contributed by atoms with Crippen LogP contribution in [0.25, 0.3) is 10.4 Å². The summed E-state index contributed by atoms with van der Waals surface area (Å²) in [6.07, 6.45) is 12.9. The minimum absolute atomic E-state index is 0.0298. The van der Waals surface area contributed by atoms with E-state index in [4.69, 9.17) is 4.28 Å². The molecule has 0 aliphatic rings. The van der Waals surface area contributed by atoms with E-state index in [1.807, 2.05) is 69.9 Å².